The number of carbonyl (C=O) groups excluding carboxylic acids is 2. The van der Waals surface area contributed by atoms with Crippen LogP contribution in [0, 0.1) is 5.41 Å². The smallest absolute Gasteiger partial charge is 0.338 e. The molecule has 0 aliphatic heterocycles. The fourth-order valence-corrected chi connectivity index (χ4v) is 4.89. The molecule has 34 heavy (non-hydrogen) atoms. The van der Waals surface area contributed by atoms with Crippen LogP contribution < -0.4 is 9.56 Å². The number of sulfonamides is 1. The van der Waals surface area contributed by atoms with Crippen LogP contribution in [0.25, 0.3) is 21.7 Å². The van der Waals surface area contributed by atoms with Gasteiger partial charge in [0.2, 0.25) is 5.88 Å². The molecule has 3 aromatic carbocycles. The second-order valence-corrected chi connectivity index (χ2v) is 10.6. The molecule has 176 valence electrons. The molecule has 4 rings (SSSR count). The van der Waals surface area contributed by atoms with E-state index in [-0.39, 0.29) is 21.7 Å². The zero-order chi connectivity index (χ0) is 24.8. The number of carbonyl (C=O) groups is 2. The van der Waals surface area contributed by atoms with Crippen LogP contribution in [0.1, 0.15) is 38.1 Å². The van der Waals surface area contributed by atoms with Crippen LogP contribution in [0.4, 0.5) is 5.69 Å². The van der Waals surface area contributed by atoms with Gasteiger partial charge < -0.3 is 9.94 Å². The van der Waals surface area contributed by atoms with Crippen molar-refractivity contribution in [3.8, 4) is 5.88 Å². The van der Waals surface area contributed by atoms with Gasteiger partial charge in [0.1, 0.15) is 0 Å². The number of hydrogen-bond acceptors (Lipinski definition) is 6. The van der Waals surface area contributed by atoms with E-state index in [1.807, 2.05) is 18.2 Å². The van der Waals surface area contributed by atoms with Crippen molar-refractivity contribution in [2.45, 2.75) is 32.6 Å². The Labute approximate surface area is 196 Å². The Morgan fingerprint density at radius 3 is 2.32 bits per heavy atom. The van der Waals surface area contributed by atoms with E-state index in [9.17, 15) is 23.1 Å². The Bertz CT molecular complexity index is 1560. The average Bonchev–Trinajstić information content (AvgIpc) is 3.03. The normalized spacial score (nSPS) is 12.1. The average molecular weight is 481 g/mol. The molecule has 0 unspecified atom stereocenters. The van der Waals surface area contributed by atoms with Gasteiger partial charge in [-0.3, -0.25) is 9.52 Å². The lowest BCUT2D eigenvalue weighted by molar-refractivity contribution is -0.153. The molecule has 1 heterocycles. The number of aromatic nitrogens is 1. The van der Waals surface area contributed by atoms with Crippen LogP contribution in [0.5, 0.6) is 5.88 Å². The SMILES string of the molecule is CC(=O)c1c(O)n(OC(=O)C(C)(C)C)c2cc(NS(=O)(=O)c3cccc4ccccc34)ccc12. The highest BCUT2D eigenvalue weighted by molar-refractivity contribution is 7.93. The van der Waals surface area contributed by atoms with Gasteiger partial charge in [-0.2, -0.15) is 0 Å². The maximum atomic E-state index is 13.2. The van der Waals surface area contributed by atoms with Gasteiger partial charge in [0.05, 0.1) is 27.1 Å². The number of rotatable bonds is 5. The van der Waals surface area contributed by atoms with Crippen molar-refractivity contribution in [2.24, 2.45) is 5.41 Å². The number of benzene rings is 3. The third-order valence-electron chi connectivity index (χ3n) is 5.33. The van der Waals surface area contributed by atoms with Crippen LogP contribution in [-0.2, 0) is 14.8 Å². The Morgan fingerprint density at radius 2 is 1.65 bits per heavy atom. The van der Waals surface area contributed by atoms with Crippen molar-refractivity contribution in [2.75, 3.05) is 4.72 Å². The lowest BCUT2D eigenvalue weighted by Gasteiger charge is -2.17. The molecule has 0 bridgehead atoms. The van der Waals surface area contributed by atoms with E-state index in [0.29, 0.717) is 10.8 Å². The summed E-state index contributed by atoms with van der Waals surface area (Å²) >= 11 is 0. The topological polar surface area (TPSA) is 115 Å². The molecule has 0 atom stereocenters. The minimum atomic E-state index is -3.98. The maximum absolute atomic E-state index is 13.2. The number of aromatic hydroxyl groups is 1. The molecule has 2 N–H and O–H groups in total. The van der Waals surface area contributed by atoms with Crippen molar-refractivity contribution in [1.29, 1.82) is 0 Å². The molecule has 0 radical (unpaired) electrons. The highest BCUT2D eigenvalue weighted by atomic mass is 32.2. The third kappa shape index (κ3) is 4.10. The van der Waals surface area contributed by atoms with Crippen LogP contribution in [-0.4, -0.2) is 30.0 Å². The van der Waals surface area contributed by atoms with Gasteiger partial charge >= 0.3 is 5.97 Å². The molecule has 4 aromatic rings. The third-order valence-corrected chi connectivity index (χ3v) is 6.77. The summed E-state index contributed by atoms with van der Waals surface area (Å²) in [4.78, 5) is 30.1. The van der Waals surface area contributed by atoms with E-state index in [0.717, 1.165) is 10.1 Å². The second-order valence-electron chi connectivity index (χ2n) is 8.99. The van der Waals surface area contributed by atoms with E-state index in [2.05, 4.69) is 4.72 Å². The lowest BCUT2D eigenvalue weighted by Crippen LogP contribution is -2.31. The summed E-state index contributed by atoms with van der Waals surface area (Å²) in [6, 6.07) is 16.5. The summed E-state index contributed by atoms with van der Waals surface area (Å²) in [6.45, 7) is 6.22. The Balaban J connectivity index is 1.82. The van der Waals surface area contributed by atoms with Gasteiger partial charge in [-0.05, 0) is 57.3 Å². The molecule has 0 saturated carbocycles. The number of nitrogens with one attached hydrogen (secondary N) is 1. The Morgan fingerprint density at radius 1 is 0.971 bits per heavy atom. The molecular weight excluding hydrogens is 456 g/mol. The molecule has 0 spiro atoms. The summed E-state index contributed by atoms with van der Waals surface area (Å²) in [5.41, 5.74) is -0.577. The first kappa shape index (κ1) is 23.3. The largest absolute Gasteiger partial charge is 0.492 e. The van der Waals surface area contributed by atoms with Crippen molar-refractivity contribution < 1.29 is 28.0 Å². The van der Waals surface area contributed by atoms with Crippen molar-refractivity contribution >= 4 is 49.1 Å². The number of fused-ring (bicyclic) bond motifs is 2. The lowest BCUT2D eigenvalue weighted by atomic mass is 9.98. The molecule has 0 fully saturated rings. The van der Waals surface area contributed by atoms with Gasteiger partial charge in [0.25, 0.3) is 10.0 Å². The maximum Gasteiger partial charge on any atom is 0.338 e. The number of Topliss-reactive ketones (excluding diaryl/α,β-unsaturated/α-hetero) is 1. The molecular formula is C25H24N2O6S. The molecule has 8 nitrogen and oxygen atoms in total. The Hall–Kier alpha value is -3.85. The number of nitrogens with zero attached hydrogens (tertiary/aromatic N) is 1. The molecule has 0 saturated heterocycles. The van der Waals surface area contributed by atoms with Crippen LogP contribution >= 0.6 is 0 Å². The van der Waals surface area contributed by atoms with Crippen molar-refractivity contribution in [3.05, 3.63) is 66.2 Å². The summed E-state index contributed by atoms with van der Waals surface area (Å²) in [7, 11) is -3.98. The fourth-order valence-electron chi connectivity index (χ4n) is 3.61. The predicted molar refractivity (Wildman–Crippen MR) is 129 cm³/mol. The molecule has 0 aliphatic rings. The van der Waals surface area contributed by atoms with Gasteiger partial charge in [0, 0.05) is 10.8 Å². The van der Waals surface area contributed by atoms with Crippen LogP contribution in [0.3, 0.4) is 0 Å². The summed E-state index contributed by atoms with van der Waals surface area (Å²) in [5.74, 6) is -1.61. The quantitative estimate of drug-likeness (QED) is 0.406. The van der Waals surface area contributed by atoms with Crippen LogP contribution in [0.2, 0.25) is 0 Å². The van der Waals surface area contributed by atoms with Crippen LogP contribution in [0.15, 0.2) is 65.6 Å². The number of anilines is 1. The minimum absolute atomic E-state index is 0.0276. The zero-order valence-electron chi connectivity index (χ0n) is 19.1. The van der Waals surface area contributed by atoms with E-state index in [1.54, 1.807) is 39.0 Å². The van der Waals surface area contributed by atoms with E-state index >= 15 is 0 Å². The molecule has 0 aliphatic carbocycles. The Kier molecular flexibility index (Phi) is 5.61. The fraction of sp³-hybridized carbons (Fsp3) is 0.200. The first-order valence-electron chi connectivity index (χ1n) is 10.5. The van der Waals surface area contributed by atoms with Gasteiger partial charge in [-0.15, -0.1) is 4.73 Å². The number of hydrogen-bond donors (Lipinski definition) is 2. The summed E-state index contributed by atoms with van der Waals surface area (Å²) in [5, 5.41) is 12.3. The van der Waals surface area contributed by atoms with E-state index < -0.39 is 33.1 Å². The minimum Gasteiger partial charge on any atom is -0.492 e. The van der Waals surface area contributed by atoms with Gasteiger partial charge in [0.15, 0.2) is 5.78 Å². The summed E-state index contributed by atoms with van der Waals surface area (Å²) < 4.78 is 29.8. The van der Waals surface area contributed by atoms with Gasteiger partial charge in [-0.25, -0.2) is 13.2 Å². The van der Waals surface area contributed by atoms with E-state index in [1.165, 1.54) is 31.2 Å². The monoisotopic (exact) mass is 480 g/mol. The molecule has 0 amide bonds. The predicted octanol–water partition coefficient (Wildman–Crippen LogP) is 4.50. The second kappa shape index (κ2) is 8.18. The standard InChI is InChI=1S/C25H24N2O6S/c1-15(28)22-19-13-12-17(14-20(19)27(23(22)29)33-24(30)25(2,3)4)26-34(31,32)21-11-7-9-16-8-5-6-10-18(16)21/h5-14,26,29H,1-4H3. The molecule has 9 heteroatoms. The van der Waals surface area contributed by atoms with Crippen molar-refractivity contribution in [1.82, 2.24) is 4.73 Å². The highest BCUT2D eigenvalue weighted by Gasteiger charge is 2.29. The zero-order valence-corrected chi connectivity index (χ0v) is 19.9. The van der Waals surface area contributed by atoms with Gasteiger partial charge in [-0.1, -0.05) is 36.4 Å². The van der Waals surface area contributed by atoms with E-state index in [4.69, 9.17) is 4.84 Å². The first-order chi connectivity index (χ1) is 15.9. The summed E-state index contributed by atoms with van der Waals surface area (Å²) in [6.07, 6.45) is 0. The first-order valence-corrected chi connectivity index (χ1v) is 12.0. The highest BCUT2D eigenvalue weighted by Crippen LogP contribution is 2.34. The molecule has 1 aromatic heterocycles. The number of ketones is 1. The van der Waals surface area contributed by atoms with Crippen molar-refractivity contribution in [3.63, 3.8) is 0 Å².